The van der Waals surface area contributed by atoms with E-state index in [-0.39, 0.29) is 34.7 Å². The van der Waals surface area contributed by atoms with Crippen molar-refractivity contribution in [3.8, 4) is 11.1 Å². The van der Waals surface area contributed by atoms with Gasteiger partial charge in [-0.25, -0.2) is 26.7 Å². The van der Waals surface area contributed by atoms with Crippen molar-refractivity contribution in [3.05, 3.63) is 59.4 Å². The summed E-state index contributed by atoms with van der Waals surface area (Å²) in [5.74, 6) is -6.51. The van der Waals surface area contributed by atoms with Crippen LogP contribution >= 0.6 is 0 Å². The molecule has 1 spiro atoms. The molecule has 2 atom stereocenters. The minimum Gasteiger partial charge on any atom is -0.444 e. The van der Waals surface area contributed by atoms with Crippen molar-refractivity contribution in [2.24, 2.45) is 0 Å². The van der Waals surface area contributed by atoms with E-state index in [9.17, 15) is 18.4 Å². The van der Waals surface area contributed by atoms with Gasteiger partial charge >= 0.3 is 6.09 Å². The van der Waals surface area contributed by atoms with Crippen LogP contribution in [0.3, 0.4) is 0 Å². The number of amides is 2. The molecule has 6 nitrogen and oxygen atoms in total. The summed E-state index contributed by atoms with van der Waals surface area (Å²) in [7, 11) is 0. The molecule has 5 rings (SSSR count). The van der Waals surface area contributed by atoms with E-state index in [4.69, 9.17) is 4.74 Å². The quantitative estimate of drug-likeness (QED) is 0.371. The Morgan fingerprint density at radius 3 is 2.30 bits per heavy atom. The maximum atomic E-state index is 15.4. The molecule has 2 amide bonds. The van der Waals surface area contributed by atoms with E-state index in [2.05, 4.69) is 5.32 Å². The molecular weight excluding hydrogens is 581 g/mol. The summed E-state index contributed by atoms with van der Waals surface area (Å²) in [5.41, 5.74) is -1.19. The second kappa shape index (κ2) is 12.3. The fourth-order valence-corrected chi connectivity index (χ4v) is 7.12. The third-order valence-electron chi connectivity index (χ3n) is 9.18. The predicted octanol–water partition coefficient (Wildman–Crippen LogP) is 6.85. The van der Waals surface area contributed by atoms with Gasteiger partial charge in [0.1, 0.15) is 29.1 Å². The average molecular weight is 622 g/mol. The van der Waals surface area contributed by atoms with Gasteiger partial charge in [-0.3, -0.25) is 9.69 Å². The highest BCUT2D eigenvalue weighted by molar-refractivity contribution is 5.80. The van der Waals surface area contributed by atoms with Crippen LogP contribution < -0.4 is 5.32 Å². The highest BCUT2D eigenvalue weighted by Crippen LogP contribution is 2.42. The number of rotatable bonds is 5. The van der Waals surface area contributed by atoms with E-state index in [0.29, 0.717) is 51.4 Å². The Hall–Kier alpha value is -3.21. The highest BCUT2D eigenvalue weighted by Gasteiger charge is 2.52. The molecule has 1 aliphatic carbocycles. The maximum absolute atomic E-state index is 15.4. The van der Waals surface area contributed by atoms with Gasteiger partial charge in [0.25, 0.3) is 5.92 Å². The topological polar surface area (TPSA) is 61.9 Å². The highest BCUT2D eigenvalue weighted by atomic mass is 19.3. The summed E-state index contributed by atoms with van der Waals surface area (Å²) in [5, 5.41) is 2.52. The molecule has 2 heterocycles. The number of likely N-dealkylation sites (tertiary alicyclic amines) is 2. The van der Waals surface area contributed by atoms with Crippen LogP contribution in [0.5, 0.6) is 0 Å². The molecule has 2 aromatic rings. The van der Waals surface area contributed by atoms with Gasteiger partial charge in [0.2, 0.25) is 5.91 Å². The van der Waals surface area contributed by atoms with E-state index in [1.54, 1.807) is 0 Å². The molecule has 2 saturated heterocycles. The van der Waals surface area contributed by atoms with E-state index in [1.165, 1.54) is 18.2 Å². The molecule has 1 saturated carbocycles. The molecule has 240 valence electrons. The number of carbonyl (C=O) groups excluding carboxylic acids is 2. The molecule has 3 fully saturated rings. The van der Waals surface area contributed by atoms with Gasteiger partial charge in [0, 0.05) is 49.3 Å². The minimum atomic E-state index is -3.16. The first-order valence-corrected chi connectivity index (χ1v) is 15.3. The van der Waals surface area contributed by atoms with Crippen LogP contribution in [0.15, 0.2) is 36.4 Å². The number of piperidine rings is 1. The van der Waals surface area contributed by atoms with Gasteiger partial charge in [-0.05, 0) is 82.6 Å². The first-order valence-electron chi connectivity index (χ1n) is 15.3. The number of nitrogens with zero attached hydrogens (tertiary/aromatic N) is 2. The molecule has 0 bridgehead atoms. The Morgan fingerprint density at radius 1 is 0.955 bits per heavy atom. The smallest absolute Gasteiger partial charge is 0.410 e. The van der Waals surface area contributed by atoms with Crippen molar-refractivity contribution in [2.75, 3.05) is 19.6 Å². The zero-order chi connectivity index (χ0) is 31.9. The van der Waals surface area contributed by atoms with Crippen molar-refractivity contribution in [1.82, 2.24) is 15.1 Å². The van der Waals surface area contributed by atoms with Crippen LogP contribution in [0.4, 0.5) is 26.7 Å². The van der Waals surface area contributed by atoms with E-state index >= 15 is 13.2 Å². The first-order chi connectivity index (χ1) is 20.7. The van der Waals surface area contributed by atoms with Gasteiger partial charge in [-0.2, -0.15) is 0 Å². The molecule has 11 heteroatoms. The Morgan fingerprint density at radius 2 is 1.64 bits per heavy atom. The number of hydrogen-bond donors (Lipinski definition) is 1. The van der Waals surface area contributed by atoms with Crippen LogP contribution in [-0.2, 0) is 16.0 Å². The number of halogens is 5. The summed E-state index contributed by atoms with van der Waals surface area (Å²) in [6.07, 6.45) is 2.46. The Labute approximate surface area is 254 Å². The molecule has 0 radical (unpaired) electrons. The van der Waals surface area contributed by atoms with E-state index in [0.717, 1.165) is 25.0 Å². The SMILES string of the molecule is CC(C)(C)OC(=O)N1CCCC12CCN([C@H]1CCCC(F)(F)[C@@H]1NC(=O)Cc1cccc(-c3cc(F)cc(F)c3)c1F)CC2. The molecule has 3 aliphatic rings. The van der Waals surface area contributed by atoms with Gasteiger partial charge < -0.3 is 15.0 Å². The summed E-state index contributed by atoms with van der Waals surface area (Å²) >= 11 is 0. The monoisotopic (exact) mass is 621 g/mol. The number of alkyl halides is 2. The van der Waals surface area contributed by atoms with Crippen LogP contribution in [-0.4, -0.2) is 70.6 Å². The largest absolute Gasteiger partial charge is 0.444 e. The Bertz CT molecular complexity index is 1370. The van der Waals surface area contributed by atoms with Crippen molar-refractivity contribution < 1.29 is 36.3 Å². The van der Waals surface area contributed by atoms with Crippen LogP contribution in [0.25, 0.3) is 11.1 Å². The molecule has 1 N–H and O–H groups in total. The number of carbonyl (C=O) groups is 2. The fourth-order valence-electron chi connectivity index (χ4n) is 7.12. The zero-order valence-corrected chi connectivity index (χ0v) is 25.4. The lowest BCUT2D eigenvalue weighted by Crippen LogP contribution is -2.64. The number of nitrogens with one attached hydrogen (secondary N) is 1. The van der Waals surface area contributed by atoms with Crippen molar-refractivity contribution in [3.63, 3.8) is 0 Å². The van der Waals surface area contributed by atoms with E-state index in [1.807, 2.05) is 30.6 Å². The number of ether oxygens (including phenoxy) is 1. The van der Waals surface area contributed by atoms with Crippen molar-refractivity contribution in [1.29, 1.82) is 0 Å². The third-order valence-corrected chi connectivity index (χ3v) is 9.18. The van der Waals surface area contributed by atoms with Crippen molar-refractivity contribution >= 4 is 12.0 Å². The Kier molecular flexibility index (Phi) is 8.99. The summed E-state index contributed by atoms with van der Waals surface area (Å²) in [6.45, 7) is 7.06. The molecule has 2 aromatic carbocycles. The lowest BCUT2D eigenvalue weighted by molar-refractivity contribution is -0.133. The number of hydrogen-bond acceptors (Lipinski definition) is 4. The fraction of sp³-hybridized carbons (Fsp3) is 0.576. The third kappa shape index (κ3) is 6.87. The molecular formula is C33H40F5N3O3. The average Bonchev–Trinajstić information content (AvgIpc) is 3.33. The van der Waals surface area contributed by atoms with Gasteiger partial charge in [-0.15, -0.1) is 0 Å². The van der Waals surface area contributed by atoms with Gasteiger partial charge in [0.15, 0.2) is 0 Å². The Balaban J connectivity index is 1.28. The van der Waals surface area contributed by atoms with Crippen LogP contribution in [0, 0.1) is 17.5 Å². The maximum Gasteiger partial charge on any atom is 0.410 e. The van der Waals surface area contributed by atoms with Crippen LogP contribution in [0.1, 0.15) is 71.3 Å². The minimum absolute atomic E-state index is 0.0310. The molecule has 44 heavy (non-hydrogen) atoms. The predicted molar refractivity (Wildman–Crippen MR) is 156 cm³/mol. The number of benzene rings is 2. The first kappa shape index (κ1) is 32.2. The molecule has 2 aliphatic heterocycles. The zero-order valence-electron chi connectivity index (χ0n) is 25.4. The van der Waals surface area contributed by atoms with E-state index < -0.39 is 53.4 Å². The standard InChI is InChI=1S/C33H40F5N3O3/c1-31(2,3)44-30(43)41-14-6-10-32(41)12-15-40(16-13-32)26-9-5-11-33(37,38)29(26)39-27(42)19-21-7-4-8-25(28(21)36)22-17-23(34)20-24(35)18-22/h4,7-8,17-18,20,26,29H,5-6,9-16,19H2,1-3H3,(H,39,42)/t26-,29+/m0/s1. The summed E-state index contributed by atoms with van der Waals surface area (Å²) in [6, 6.07) is 4.70. The van der Waals surface area contributed by atoms with Gasteiger partial charge in [-0.1, -0.05) is 18.2 Å². The second-order valence-corrected chi connectivity index (χ2v) is 13.4. The second-order valence-electron chi connectivity index (χ2n) is 13.4. The molecule has 0 unspecified atom stereocenters. The summed E-state index contributed by atoms with van der Waals surface area (Å²) < 4.78 is 79.3. The summed E-state index contributed by atoms with van der Waals surface area (Å²) in [4.78, 5) is 29.9. The molecule has 0 aromatic heterocycles. The lowest BCUT2D eigenvalue weighted by atomic mass is 9.81. The van der Waals surface area contributed by atoms with Gasteiger partial charge in [0.05, 0.1) is 6.42 Å². The van der Waals surface area contributed by atoms with Crippen LogP contribution in [0.2, 0.25) is 0 Å². The normalized spacial score (nSPS) is 23.5. The van der Waals surface area contributed by atoms with Crippen molar-refractivity contribution in [2.45, 2.75) is 101 Å². The lowest BCUT2D eigenvalue weighted by Gasteiger charge is -2.50.